The summed E-state index contributed by atoms with van der Waals surface area (Å²) in [5, 5.41) is 3.46. The summed E-state index contributed by atoms with van der Waals surface area (Å²) < 4.78 is 4.63. The molecule has 0 aliphatic heterocycles. The van der Waals surface area contributed by atoms with Crippen molar-refractivity contribution in [1.29, 1.82) is 0 Å². The zero-order valence-electron chi connectivity index (χ0n) is 6.66. The summed E-state index contributed by atoms with van der Waals surface area (Å²) in [6, 6.07) is 0. The first-order valence-corrected chi connectivity index (χ1v) is 3.13. The molecule has 60 valence electrons. The van der Waals surface area contributed by atoms with Gasteiger partial charge in [-0.25, -0.2) is 0 Å². The molecule has 1 rings (SSSR count). The monoisotopic (exact) mass is 155 g/mol. The predicted molar refractivity (Wildman–Crippen MR) is 37.1 cm³/mol. The third-order valence-corrected chi connectivity index (χ3v) is 1.13. The highest BCUT2D eigenvalue weighted by Crippen LogP contribution is 1.96. The van der Waals surface area contributed by atoms with E-state index in [2.05, 4.69) is 14.7 Å². The van der Waals surface area contributed by atoms with E-state index >= 15 is 0 Å². The number of nitrogens with zero attached hydrogens (tertiary/aromatic N) is 3. The van der Waals surface area contributed by atoms with Crippen molar-refractivity contribution in [3.63, 3.8) is 0 Å². The number of hydrogen-bond acceptors (Lipinski definition) is 4. The van der Waals surface area contributed by atoms with Crippen molar-refractivity contribution in [3.8, 4) is 0 Å². The quantitative estimate of drug-likeness (QED) is 0.576. The Hall–Kier alpha value is -1.39. The maximum atomic E-state index is 11.1. The minimum absolute atomic E-state index is 0.104. The van der Waals surface area contributed by atoms with Crippen molar-refractivity contribution in [2.75, 3.05) is 14.1 Å². The first kappa shape index (κ1) is 7.71. The second-order valence-electron chi connectivity index (χ2n) is 2.34. The molecule has 0 aromatic carbocycles. The highest BCUT2D eigenvalue weighted by atomic mass is 16.5. The maximum Gasteiger partial charge on any atom is 0.294 e. The molecule has 1 heterocycles. The highest BCUT2D eigenvalue weighted by molar-refractivity contribution is 5.89. The van der Waals surface area contributed by atoms with Gasteiger partial charge in [0.15, 0.2) is 0 Å². The fourth-order valence-corrected chi connectivity index (χ4v) is 0.586. The maximum absolute atomic E-state index is 11.1. The fourth-order valence-electron chi connectivity index (χ4n) is 0.586. The first-order valence-electron chi connectivity index (χ1n) is 3.13. The van der Waals surface area contributed by atoms with Crippen molar-refractivity contribution in [2.24, 2.45) is 0 Å². The summed E-state index contributed by atoms with van der Waals surface area (Å²) in [7, 11) is 3.27. The highest BCUT2D eigenvalue weighted by Gasteiger charge is 2.13. The van der Waals surface area contributed by atoms with E-state index in [1.807, 2.05) is 0 Å². The first-order chi connectivity index (χ1) is 5.11. The average Bonchev–Trinajstić information content (AvgIpc) is 2.34. The van der Waals surface area contributed by atoms with Gasteiger partial charge in [0.2, 0.25) is 5.89 Å². The Balaban J connectivity index is 2.85. The van der Waals surface area contributed by atoms with Gasteiger partial charge in [-0.05, 0) is 0 Å². The molecule has 0 bridgehead atoms. The van der Waals surface area contributed by atoms with E-state index in [1.54, 1.807) is 21.0 Å². The summed E-state index contributed by atoms with van der Waals surface area (Å²) >= 11 is 0. The predicted octanol–water partition coefficient (Wildman–Crippen LogP) is 0.0798. The summed E-state index contributed by atoms with van der Waals surface area (Å²) in [6.45, 7) is 1.64. The Bertz CT molecular complexity index is 267. The molecule has 0 unspecified atom stereocenters. The van der Waals surface area contributed by atoms with Crippen LogP contribution in [-0.4, -0.2) is 35.0 Å². The Kier molecular flexibility index (Phi) is 1.89. The summed E-state index contributed by atoms with van der Waals surface area (Å²) in [6.07, 6.45) is 0. The van der Waals surface area contributed by atoms with Gasteiger partial charge >= 0.3 is 0 Å². The van der Waals surface area contributed by atoms with E-state index in [9.17, 15) is 4.79 Å². The largest absolute Gasteiger partial charge is 0.342 e. The van der Waals surface area contributed by atoms with Gasteiger partial charge in [-0.15, -0.1) is 0 Å². The molecule has 11 heavy (non-hydrogen) atoms. The standard InChI is InChI=1S/C6H9N3O2/c1-4-7-5(8-11-4)6(10)9(2)3/h1-3H3. The van der Waals surface area contributed by atoms with E-state index in [0.29, 0.717) is 5.89 Å². The van der Waals surface area contributed by atoms with Gasteiger partial charge in [-0.2, -0.15) is 4.98 Å². The van der Waals surface area contributed by atoms with Gasteiger partial charge in [0.1, 0.15) is 0 Å². The summed E-state index contributed by atoms with van der Waals surface area (Å²) in [5.74, 6) is 0.254. The van der Waals surface area contributed by atoms with E-state index in [1.165, 1.54) is 4.90 Å². The summed E-state index contributed by atoms with van der Waals surface area (Å²) in [4.78, 5) is 16.3. The SMILES string of the molecule is Cc1nc(C(=O)N(C)C)no1. The van der Waals surface area contributed by atoms with Crippen LogP contribution in [0.3, 0.4) is 0 Å². The van der Waals surface area contributed by atoms with Crippen LogP contribution in [0.15, 0.2) is 4.52 Å². The number of hydrogen-bond donors (Lipinski definition) is 0. The third-order valence-electron chi connectivity index (χ3n) is 1.13. The molecule has 0 atom stereocenters. The van der Waals surface area contributed by atoms with Crippen molar-refractivity contribution in [3.05, 3.63) is 11.7 Å². The van der Waals surface area contributed by atoms with Gasteiger partial charge in [0, 0.05) is 21.0 Å². The lowest BCUT2D eigenvalue weighted by Gasteiger charge is -2.04. The molecule has 0 N–H and O–H groups in total. The lowest BCUT2D eigenvalue weighted by atomic mass is 10.5. The molecule has 0 saturated heterocycles. The van der Waals surface area contributed by atoms with Gasteiger partial charge < -0.3 is 9.42 Å². The van der Waals surface area contributed by atoms with Gasteiger partial charge in [0.25, 0.3) is 11.7 Å². The normalized spacial score (nSPS) is 9.73. The molecule has 0 radical (unpaired) electrons. The van der Waals surface area contributed by atoms with Crippen LogP contribution in [-0.2, 0) is 0 Å². The molecule has 0 spiro atoms. The van der Waals surface area contributed by atoms with Crippen LogP contribution in [0.5, 0.6) is 0 Å². The van der Waals surface area contributed by atoms with E-state index in [-0.39, 0.29) is 11.7 Å². The molecule has 5 heteroatoms. The van der Waals surface area contributed by atoms with Crippen LogP contribution in [0.1, 0.15) is 16.5 Å². The van der Waals surface area contributed by atoms with E-state index < -0.39 is 0 Å². The number of aryl methyl sites for hydroxylation is 1. The number of rotatable bonds is 1. The lowest BCUT2D eigenvalue weighted by Crippen LogP contribution is -2.22. The van der Waals surface area contributed by atoms with Crippen LogP contribution in [0.25, 0.3) is 0 Å². The molecular weight excluding hydrogens is 146 g/mol. The zero-order valence-corrected chi connectivity index (χ0v) is 6.66. The van der Waals surface area contributed by atoms with Gasteiger partial charge in [-0.1, -0.05) is 5.16 Å². The molecule has 1 aromatic rings. The van der Waals surface area contributed by atoms with E-state index in [0.717, 1.165) is 0 Å². The topological polar surface area (TPSA) is 59.2 Å². The van der Waals surface area contributed by atoms with E-state index in [4.69, 9.17) is 0 Å². The van der Waals surface area contributed by atoms with Crippen molar-refractivity contribution in [1.82, 2.24) is 15.0 Å². The van der Waals surface area contributed by atoms with Gasteiger partial charge in [-0.3, -0.25) is 4.79 Å². The van der Waals surface area contributed by atoms with Crippen LogP contribution >= 0.6 is 0 Å². The lowest BCUT2D eigenvalue weighted by molar-refractivity contribution is 0.0812. The van der Waals surface area contributed by atoms with Crippen LogP contribution in [0.4, 0.5) is 0 Å². The molecule has 1 aromatic heterocycles. The minimum Gasteiger partial charge on any atom is -0.342 e. The number of carbonyl (C=O) groups is 1. The molecule has 0 fully saturated rings. The van der Waals surface area contributed by atoms with Crippen LogP contribution in [0.2, 0.25) is 0 Å². The number of carbonyl (C=O) groups excluding carboxylic acids is 1. The second-order valence-corrected chi connectivity index (χ2v) is 2.34. The Labute approximate surface area is 64.0 Å². The minimum atomic E-state index is -0.248. The molecular formula is C6H9N3O2. The third kappa shape index (κ3) is 1.54. The van der Waals surface area contributed by atoms with Crippen LogP contribution in [0, 0.1) is 6.92 Å². The molecule has 0 aliphatic rings. The summed E-state index contributed by atoms with van der Waals surface area (Å²) in [5.41, 5.74) is 0. The van der Waals surface area contributed by atoms with Gasteiger partial charge in [0.05, 0.1) is 0 Å². The smallest absolute Gasteiger partial charge is 0.294 e. The zero-order chi connectivity index (χ0) is 8.43. The Morgan fingerprint density at radius 1 is 1.55 bits per heavy atom. The number of aromatic nitrogens is 2. The van der Waals surface area contributed by atoms with Crippen molar-refractivity contribution < 1.29 is 9.32 Å². The molecule has 0 aliphatic carbocycles. The van der Waals surface area contributed by atoms with Crippen molar-refractivity contribution in [2.45, 2.75) is 6.92 Å². The average molecular weight is 155 g/mol. The molecule has 1 amide bonds. The fraction of sp³-hybridized carbons (Fsp3) is 0.500. The van der Waals surface area contributed by atoms with Crippen molar-refractivity contribution >= 4 is 5.91 Å². The Morgan fingerprint density at radius 2 is 2.18 bits per heavy atom. The second kappa shape index (κ2) is 2.69. The molecule has 5 nitrogen and oxygen atoms in total. The van der Waals surface area contributed by atoms with Crippen LogP contribution < -0.4 is 0 Å². The molecule has 0 saturated carbocycles. The Morgan fingerprint density at radius 3 is 2.55 bits per heavy atom. The number of amides is 1.